The molecule has 1 heterocycles. The molecule has 1 aromatic rings. The standard InChI is InChI=1S/C13H22N2O/c1-11-12(5-8-16-11)9-15(2)13(10-14)6-3-4-7-13/h5,8H,3-4,6-7,9-10,14H2,1-2H3. The largest absolute Gasteiger partial charge is 0.469 e. The number of likely N-dealkylation sites (N-methyl/N-ethyl adjacent to an activating group) is 1. The van der Waals surface area contributed by atoms with Crippen LogP contribution in [0, 0.1) is 6.92 Å². The summed E-state index contributed by atoms with van der Waals surface area (Å²) in [7, 11) is 2.19. The second kappa shape index (κ2) is 4.60. The van der Waals surface area contributed by atoms with E-state index in [2.05, 4.69) is 18.0 Å². The van der Waals surface area contributed by atoms with Crippen LogP contribution in [0.1, 0.15) is 37.0 Å². The van der Waals surface area contributed by atoms with E-state index in [1.54, 1.807) is 6.26 Å². The van der Waals surface area contributed by atoms with E-state index in [1.807, 2.05) is 6.92 Å². The Hall–Kier alpha value is -0.800. The highest BCUT2D eigenvalue weighted by Crippen LogP contribution is 2.34. The molecular weight excluding hydrogens is 200 g/mol. The van der Waals surface area contributed by atoms with Gasteiger partial charge in [0.15, 0.2) is 0 Å². The monoisotopic (exact) mass is 222 g/mol. The maximum atomic E-state index is 5.97. The van der Waals surface area contributed by atoms with Gasteiger partial charge in [-0.25, -0.2) is 0 Å². The lowest BCUT2D eigenvalue weighted by Crippen LogP contribution is -2.49. The smallest absolute Gasteiger partial charge is 0.105 e. The van der Waals surface area contributed by atoms with Gasteiger partial charge in [-0.15, -0.1) is 0 Å². The summed E-state index contributed by atoms with van der Waals surface area (Å²) in [6, 6.07) is 2.06. The maximum absolute atomic E-state index is 5.97. The van der Waals surface area contributed by atoms with Gasteiger partial charge in [-0.1, -0.05) is 12.8 Å². The van der Waals surface area contributed by atoms with Gasteiger partial charge in [0.1, 0.15) is 5.76 Å². The number of furan rings is 1. The molecule has 0 atom stereocenters. The van der Waals surface area contributed by atoms with Crippen molar-refractivity contribution in [2.75, 3.05) is 13.6 Å². The molecule has 0 amide bonds. The number of rotatable bonds is 4. The van der Waals surface area contributed by atoms with Gasteiger partial charge < -0.3 is 10.2 Å². The highest BCUT2D eigenvalue weighted by molar-refractivity contribution is 5.16. The number of aryl methyl sites for hydroxylation is 1. The summed E-state index contributed by atoms with van der Waals surface area (Å²) in [6.45, 7) is 3.73. The predicted octanol–water partition coefficient (Wildman–Crippen LogP) is 2.29. The molecule has 1 aliphatic carbocycles. The van der Waals surface area contributed by atoms with E-state index in [4.69, 9.17) is 10.2 Å². The first-order chi connectivity index (χ1) is 7.68. The van der Waals surface area contributed by atoms with Crippen molar-refractivity contribution in [2.45, 2.75) is 44.7 Å². The fourth-order valence-electron chi connectivity index (χ4n) is 2.77. The lowest BCUT2D eigenvalue weighted by Gasteiger charge is -2.37. The van der Waals surface area contributed by atoms with E-state index < -0.39 is 0 Å². The molecule has 0 radical (unpaired) electrons. The van der Waals surface area contributed by atoms with Crippen molar-refractivity contribution in [3.05, 3.63) is 23.7 Å². The Morgan fingerprint density at radius 1 is 1.44 bits per heavy atom. The summed E-state index contributed by atoms with van der Waals surface area (Å²) in [4.78, 5) is 2.41. The number of hydrogen-bond donors (Lipinski definition) is 1. The molecule has 2 N–H and O–H groups in total. The maximum Gasteiger partial charge on any atom is 0.105 e. The third kappa shape index (κ3) is 2.02. The molecule has 0 unspecified atom stereocenters. The predicted molar refractivity (Wildman–Crippen MR) is 65.2 cm³/mol. The average Bonchev–Trinajstić information content (AvgIpc) is 2.89. The minimum absolute atomic E-state index is 0.226. The zero-order valence-corrected chi connectivity index (χ0v) is 10.3. The Balaban J connectivity index is 2.07. The Morgan fingerprint density at radius 2 is 2.12 bits per heavy atom. The number of nitrogens with two attached hydrogens (primary N) is 1. The minimum atomic E-state index is 0.226. The quantitative estimate of drug-likeness (QED) is 0.850. The van der Waals surface area contributed by atoms with Gasteiger partial charge in [-0.2, -0.15) is 0 Å². The van der Waals surface area contributed by atoms with E-state index in [1.165, 1.54) is 31.2 Å². The summed E-state index contributed by atoms with van der Waals surface area (Å²) in [5.74, 6) is 1.03. The van der Waals surface area contributed by atoms with Crippen molar-refractivity contribution in [2.24, 2.45) is 5.73 Å². The Bertz CT molecular complexity index is 339. The molecule has 2 rings (SSSR count). The van der Waals surface area contributed by atoms with Crippen molar-refractivity contribution in [1.29, 1.82) is 0 Å². The van der Waals surface area contributed by atoms with Crippen LogP contribution in [0.25, 0.3) is 0 Å². The molecule has 16 heavy (non-hydrogen) atoms. The first-order valence-corrected chi connectivity index (χ1v) is 6.12. The van der Waals surface area contributed by atoms with Crippen LogP contribution in [0.2, 0.25) is 0 Å². The summed E-state index contributed by atoms with van der Waals surface area (Å²) >= 11 is 0. The fourth-order valence-corrected chi connectivity index (χ4v) is 2.77. The lowest BCUT2D eigenvalue weighted by molar-refractivity contribution is 0.123. The molecule has 1 aromatic heterocycles. The summed E-state index contributed by atoms with van der Waals surface area (Å²) < 4.78 is 5.34. The van der Waals surface area contributed by atoms with Crippen molar-refractivity contribution in [3.63, 3.8) is 0 Å². The Morgan fingerprint density at radius 3 is 2.62 bits per heavy atom. The summed E-state index contributed by atoms with van der Waals surface area (Å²) in [5, 5.41) is 0. The van der Waals surface area contributed by atoms with Gasteiger partial charge in [0, 0.05) is 24.2 Å². The number of hydrogen-bond acceptors (Lipinski definition) is 3. The fraction of sp³-hybridized carbons (Fsp3) is 0.692. The molecule has 1 aliphatic rings. The molecule has 0 saturated heterocycles. The second-order valence-corrected chi connectivity index (χ2v) is 4.99. The highest BCUT2D eigenvalue weighted by Gasteiger charge is 2.36. The minimum Gasteiger partial charge on any atom is -0.469 e. The summed E-state index contributed by atoms with van der Waals surface area (Å²) in [5.41, 5.74) is 7.48. The van der Waals surface area contributed by atoms with Gasteiger partial charge >= 0.3 is 0 Å². The molecular formula is C13H22N2O. The van der Waals surface area contributed by atoms with E-state index in [0.717, 1.165) is 18.8 Å². The zero-order valence-electron chi connectivity index (χ0n) is 10.3. The SMILES string of the molecule is Cc1occc1CN(C)C1(CN)CCCC1. The van der Waals surface area contributed by atoms with Crippen molar-refractivity contribution < 1.29 is 4.42 Å². The Kier molecular flexibility index (Phi) is 3.36. The van der Waals surface area contributed by atoms with Gasteiger partial charge in [-0.05, 0) is 32.9 Å². The first kappa shape index (κ1) is 11.7. The van der Waals surface area contributed by atoms with Crippen LogP contribution >= 0.6 is 0 Å². The van der Waals surface area contributed by atoms with Crippen molar-refractivity contribution in [3.8, 4) is 0 Å². The molecule has 0 bridgehead atoms. The number of nitrogens with zero attached hydrogens (tertiary/aromatic N) is 1. The van der Waals surface area contributed by atoms with E-state index in [9.17, 15) is 0 Å². The van der Waals surface area contributed by atoms with Crippen LogP contribution in [0.4, 0.5) is 0 Å². The molecule has 0 aliphatic heterocycles. The van der Waals surface area contributed by atoms with Gasteiger partial charge in [0.2, 0.25) is 0 Å². The topological polar surface area (TPSA) is 42.4 Å². The van der Waals surface area contributed by atoms with E-state index in [0.29, 0.717) is 0 Å². The van der Waals surface area contributed by atoms with Crippen LogP contribution in [0.15, 0.2) is 16.7 Å². The Labute approximate surface area is 97.6 Å². The van der Waals surface area contributed by atoms with E-state index >= 15 is 0 Å². The first-order valence-electron chi connectivity index (χ1n) is 6.12. The lowest BCUT2D eigenvalue weighted by atomic mass is 9.95. The molecule has 0 spiro atoms. The average molecular weight is 222 g/mol. The zero-order chi connectivity index (χ0) is 11.6. The molecule has 3 nitrogen and oxygen atoms in total. The van der Waals surface area contributed by atoms with Gasteiger partial charge in [-0.3, -0.25) is 4.90 Å². The van der Waals surface area contributed by atoms with Crippen molar-refractivity contribution in [1.82, 2.24) is 4.90 Å². The van der Waals surface area contributed by atoms with Crippen LogP contribution < -0.4 is 5.73 Å². The molecule has 1 saturated carbocycles. The second-order valence-electron chi connectivity index (χ2n) is 4.99. The molecule has 1 fully saturated rings. The highest BCUT2D eigenvalue weighted by atomic mass is 16.3. The van der Waals surface area contributed by atoms with Crippen molar-refractivity contribution >= 4 is 0 Å². The van der Waals surface area contributed by atoms with Gasteiger partial charge in [0.25, 0.3) is 0 Å². The normalized spacial score (nSPS) is 19.5. The van der Waals surface area contributed by atoms with E-state index in [-0.39, 0.29) is 5.54 Å². The summed E-state index contributed by atoms with van der Waals surface area (Å²) in [6.07, 6.45) is 6.86. The van der Waals surface area contributed by atoms with Crippen LogP contribution in [-0.2, 0) is 6.54 Å². The molecule has 0 aromatic carbocycles. The molecule has 3 heteroatoms. The van der Waals surface area contributed by atoms with Gasteiger partial charge in [0.05, 0.1) is 6.26 Å². The van der Waals surface area contributed by atoms with Crippen LogP contribution in [-0.4, -0.2) is 24.0 Å². The third-order valence-electron chi connectivity index (χ3n) is 4.10. The molecule has 90 valence electrons. The van der Waals surface area contributed by atoms with Crippen LogP contribution in [0.5, 0.6) is 0 Å². The van der Waals surface area contributed by atoms with Crippen LogP contribution in [0.3, 0.4) is 0 Å². The third-order valence-corrected chi connectivity index (χ3v) is 4.10.